The van der Waals surface area contributed by atoms with Crippen molar-refractivity contribution in [3.8, 4) is 0 Å². The van der Waals surface area contributed by atoms with Gasteiger partial charge in [0.2, 0.25) is 0 Å². The van der Waals surface area contributed by atoms with E-state index < -0.39 is 0 Å². The van der Waals surface area contributed by atoms with Crippen LogP contribution < -0.4 is 0 Å². The molecule has 0 N–H and O–H groups in total. The molecule has 0 fully saturated rings. The molecule has 0 aliphatic carbocycles. The van der Waals surface area contributed by atoms with Crippen LogP contribution in [0.5, 0.6) is 0 Å². The van der Waals surface area contributed by atoms with E-state index in [1.165, 1.54) is 81.3 Å². The van der Waals surface area contributed by atoms with Crippen molar-refractivity contribution in [2.45, 2.75) is 188 Å². The lowest BCUT2D eigenvalue weighted by atomic mass is 9.70. The fourth-order valence-electron chi connectivity index (χ4n) is 7.26. The number of benzene rings is 4. The van der Waals surface area contributed by atoms with E-state index in [2.05, 4.69) is 208 Å². The fourth-order valence-corrected chi connectivity index (χ4v) is 7.26. The Labute approximate surface area is 363 Å². The van der Waals surface area contributed by atoms with E-state index in [0.29, 0.717) is 0 Å². The first-order valence-electron chi connectivity index (χ1n) is 21.2. The van der Waals surface area contributed by atoms with E-state index in [9.17, 15) is 0 Å². The maximum Gasteiger partial charge on any atom is 0.0215 e. The Balaban J connectivity index is 0. The molecule has 0 spiro atoms. The van der Waals surface area contributed by atoms with E-state index in [1.807, 2.05) is 0 Å². The molecule has 0 atom stereocenters. The molecule has 0 aliphatic rings. The Bertz CT molecular complexity index is 1710. The van der Waals surface area contributed by atoms with Gasteiger partial charge in [-0.1, -0.05) is 239 Å². The predicted octanol–water partition coefficient (Wildman–Crippen LogP) is 18.5. The van der Waals surface area contributed by atoms with Gasteiger partial charge in [0, 0.05) is 5.41 Å². The molecule has 58 heavy (non-hydrogen) atoms. The van der Waals surface area contributed by atoms with Crippen molar-refractivity contribution in [2.75, 3.05) is 0 Å². The van der Waals surface area contributed by atoms with Crippen LogP contribution in [-0.2, 0) is 30.1 Å². The maximum absolute atomic E-state index is 3.98. The van der Waals surface area contributed by atoms with Gasteiger partial charge >= 0.3 is 0 Å². The Morgan fingerprint density at radius 3 is 1.43 bits per heavy atom. The predicted molar refractivity (Wildman–Crippen MR) is 269 cm³/mol. The smallest absolute Gasteiger partial charge is 0.0215 e. The standard InChI is InChI=1S/C32H42.C14H20.C9H18.3CH4/c1-24-15-17-25(18-16-24)23-32(8,28-13-9-11-26(19-28)21-30(2,3)4)29-14-10-12-27(20-29)22-31(5,6)7;1-10(2)12-8-7-11(3)13(9-12)14(4,5)6;1-4-6-7-8-9(3)5-2;;;/h9-20H,21-23H2,1-8H3;7-9H,1H2,2-6H3;3-8H2,1-2H3;3*1H4. The van der Waals surface area contributed by atoms with Crippen LogP contribution in [-0.4, -0.2) is 0 Å². The van der Waals surface area contributed by atoms with Gasteiger partial charge in [0.15, 0.2) is 0 Å². The topological polar surface area (TPSA) is 0 Å². The van der Waals surface area contributed by atoms with E-state index in [0.717, 1.165) is 31.3 Å². The maximum atomic E-state index is 3.98. The van der Waals surface area contributed by atoms with Crippen molar-refractivity contribution in [2.24, 2.45) is 10.8 Å². The number of rotatable bonds is 12. The highest BCUT2D eigenvalue weighted by molar-refractivity contribution is 5.63. The first kappa shape index (κ1) is 56.5. The first-order chi connectivity index (χ1) is 25.5. The summed E-state index contributed by atoms with van der Waals surface area (Å²) in [4.78, 5) is 0. The summed E-state index contributed by atoms with van der Waals surface area (Å²) in [6.45, 7) is 41.8. The summed E-state index contributed by atoms with van der Waals surface area (Å²) in [5, 5.41) is 0. The third-order valence-electron chi connectivity index (χ3n) is 10.4. The van der Waals surface area contributed by atoms with Gasteiger partial charge in [0.1, 0.15) is 0 Å². The highest BCUT2D eigenvalue weighted by atomic mass is 14.3. The van der Waals surface area contributed by atoms with Crippen molar-refractivity contribution >= 4 is 5.57 Å². The van der Waals surface area contributed by atoms with Gasteiger partial charge in [0.05, 0.1) is 0 Å². The molecule has 0 saturated heterocycles. The summed E-state index contributed by atoms with van der Waals surface area (Å²) in [5.74, 6) is 0. The van der Waals surface area contributed by atoms with Crippen molar-refractivity contribution in [1.29, 1.82) is 0 Å². The highest BCUT2D eigenvalue weighted by Crippen LogP contribution is 2.38. The molecule has 324 valence electrons. The monoisotopic (exact) mass is 789 g/mol. The van der Waals surface area contributed by atoms with Gasteiger partial charge < -0.3 is 0 Å². The molecule has 0 unspecified atom stereocenters. The van der Waals surface area contributed by atoms with Gasteiger partial charge in [-0.2, -0.15) is 0 Å². The zero-order chi connectivity index (χ0) is 41.6. The first-order valence-corrected chi connectivity index (χ1v) is 21.2. The van der Waals surface area contributed by atoms with Gasteiger partial charge in [-0.05, 0) is 120 Å². The van der Waals surface area contributed by atoms with Crippen LogP contribution >= 0.6 is 0 Å². The minimum atomic E-state index is -0.0863. The quantitative estimate of drug-likeness (QED) is 0.0991. The second-order valence-electron chi connectivity index (χ2n) is 20.0. The zero-order valence-electron chi connectivity index (χ0n) is 38.2. The normalized spacial score (nSPS) is 11.3. The van der Waals surface area contributed by atoms with Gasteiger partial charge in [-0.15, -0.1) is 0 Å². The summed E-state index contributed by atoms with van der Waals surface area (Å²) in [6, 6.07) is 34.3. The lowest BCUT2D eigenvalue weighted by Crippen LogP contribution is -2.27. The minimum absolute atomic E-state index is 0. The van der Waals surface area contributed by atoms with Crippen LogP contribution in [0.1, 0.15) is 194 Å². The number of aryl methyl sites for hydroxylation is 2. The summed E-state index contributed by atoms with van der Waals surface area (Å²) >= 11 is 0. The average molecular weight is 789 g/mol. The molecule has 0 aromatic heterocycles. The second kappa shape index (κ2) is 25.1. The van der Waals surface area contributed by atoms with Crippen LogP contribution in [0.25, 0.3) is 5.57 Å². The third-order valence-corrected chi connectivity index (χ3v) is 10.4. The third kappa shape index (κ3) is 19.9. The Morgan fingerprint density at radius 1 is 0.552 bits per heavy atom. The molecule has 0 heterocycles. The van der Waals surface area contributed by atoms with E-state index in [-0.39, 0.29) is 43.9 Å². The number of hydrogen-bond donors (Lipinski definition) is 0. The molecule has 0 radical (unpaired) electrons. The average Bonchev–Trinajstić information content (AvgIpc) is 3.08. The molecule has 0 amide bonds. The molecule has 0 saturated carbocycles. The Kier molecular flexibility index (Phi) is 24.4. The summed E-state index contributed by atoms with van der Waals surface area (Å²) in [6.07, 6.45) is 9.58. The molecule has 0 heteroatoms. The molecule has 4 aromatic carbocycles. The number of unbranched alkanes of at least 4 members (excludes halogenated alkanes) is 2. The molecule has 0 aliphatic heterocycles. The molecular formula is C58H92. The van der Waals surface area contributed by atoms with E-state index in [1.54, 1.807) is 0 Å². The van der Waals surface area contributed by atoms with Crippen molar-refractivity contribution in [3.05, 3.63) is 160 Å². The Morgan fingerprint density at radius 2 is 1.03 bits per heavy atom. The molecule has 4 aromatic rings. The van der Waals surface area contributed by atoms with Crippen LogP contribution in [0.4, 0.5) is 0 Å². The summed E-state index contributed by atoms with van der Waals surface area (Å²) in [7, 11) is 0. The number of hydrogen-bond acceptors (Lipinski definition) is 0. The Hall–Kier alpha value is -3.64. The second-order valence-corrected chi connectivity index (χ2v) is 20.0. The van der Waals surface area contributed by atoms with Crippen molar-refractivity contribution < 1.29 is 0 Å². The van der Waals surface area contributed by atoms with Crippen LogP contribution in [0.3, 0.4) is 0 Å². The zero-order valence-corrected chi connectivity index (χ0v) is 38.2. The lowest BCUT2D eigenvalue weighted by molar-refractivity contribution is 0.410. The van der Waals surface area contributed by atoms with E-state index >= 15 is 0 Å². The summed E-state index contributed by atoms with van der Waals surface area (Å²) < 4.78 is 0. The molecule has 0 nitrogen and oxygen atoms in total. The molecule has 4 rings (SSSR count). The lowest BCUT2D eigenvalue weighted by Gasteiger charge is -2.33. The van der Waals surface area contributed by atoms with Gasteiger partial charge in [0.25, 0.3) is 0 Å². The fraction of sp³-hybridized carbons (Fsp3) is 0.517. The molecular weight excluding hydrogens is 697 g/mol. The van der Waals surface area contributed by atoms with Gasteiger partial charge in [-0.25, -0.2) is 0 Å². The minimum Gasteiger partial charge on any atom is -0.0999 e. The van der Waals surface area contributed by atoms with Gasteiger partial charge in [-0.3, -0.25) is 0 Å². The SMILES string of the molecule is C.C.C.C=C(C)c1ccc(C)c(C(C)(C)C)c1.C=C(CC)CCCCC.Cc1ccc(CC(C)(c2cccc(CC(C)(C)C)c2)c2cccc(CC(C)(C)C)c2)cc1. The summed E-state index contributed by atoms with van der Waals surface area (Å²) in [5.41, 5.74) is 15.6. The van der Waals surface area contributed by atoms with E-state index in [4.69, 9.17) is 0 Å². The van der Waals surface area contributed by atoms with Crippen molar-refractivity contribution in [1.82, 2.24) is 0 Å². The highest BCUT2D eigenvalue weighted by Gasteiger charge is 2.30. The van der Waals surface area contributed by atoms with Crippen LogP contribution in [0.2, 0.25) is 0 Å². The number of allylic oxidation sites excluding steroid dienone is 2. The van der Waals surface area contributed by atoms with Crippen molar-refractivity contribution in [3.63, 3.8) is 0 Å². The molecule has 0 bridgehead atoms. The van der Waals surface area contributed by atoms with Crippen LogP contribution in [0, 0.1) is 24.7 Å². The largest absolute Gasteiger partial charge is 0.0999 e. The van der Waals surface area contributed by atoms with Crippen LogP contribution in [0.15, 0.2) is 110 Å².